The molecule has 0 unspecified atom stereocenters. The highest BCUT2D eigenvalue weighted by atomic mass is 32.1. The van der Waals surface area contributed by atoms with Crippen LogP contribution in [0, 0.1) is 6.92 Å². The zero-order valence-electron chi connectivity index (χ0n) is 9.34. The van der Waals surface area contributed by atoms with E-state index in [2.05, 4.69) is 28.2 Å². The van der Waals surface area contributed by atoms with Gasteiger partial charge in [-0.3, -0.25) is 0 Å². The maximum atomic E-state index is 5.67. The predicted octanol–water partition coefficient (Wildman–Crippen LogP) is 3.25. The van der Waals surface area contributed by atoms with Gasteiger partial charge < -0.3 is 5.73 Å². The normalized spacial score (nSPS) is 10.9. The Kier molecular flexibility index (Phi) is 2.30. The Morgan fingerprint density at radius 3 is 2.71 bits per heavy atom. The Labute approximate surface area is 103 Å². The van der Waals surface area contributed by atoms with Crippen molar-refractivity contribution in [2.45, 2.75) is 6.92 Å². The minimum atomic E-state index is 0.331. The number of hydrogen-bond acceptors (Lipinski definition) is 4. The molecule has 17 heavy (non-hydrogen) atoms. The molecule has 0 bridgehead atoms. The van der Waals surface area contributed by atoms with Crippen LogP contribution in [-0.2, 0) is 0 Å². The molecular formula is C13H11N3S. The molecule has 0 aliphatic heterocycles. The van der Waals surface area contributed by atoms with Gasteiger partial charge in [-0.2, -0.15) is 0 Å². The molecular weight excluding hydrogens is 230 g/mol. The smallest absolute Gasteiger partial charge is 0.220 e. The van der Waals surface area contributed by atoms with Crippen molar-refractivity contribution >= 4 is 27.4 Å². The number of aryl methyl sites for hydroxylation is 1. The molecule has 0 aliphatic rings. The molecule has 0 saturated carbocycles. The first-order valence-electron chi connectivity index (χ1n) is 5.32. The number of rotatable bonds is 1. The maximum absolute atomic E-state index is 5.67. The maximum Gasteiger partial charge on any atom is 0.220 e. The Morgan fingerprint density at radius 2 is 1.94 bits per heavy atom. The quantitative estimate of drug-likeness (QED) is 0.711. The molecule has 3 aromatic rings. The molecule has 84 valence electrons. The molecule has 0 amide bonds. The number of aromatic nitrogens is 2. The highest BCUT2D eigenvalue weighted by molar-refractivity contribution is 7.22. The summed E-state index contributed by atoms with van der Waals surface area (Å²) in [5.41, 5.74) is 7.47. The third-order valence-electron chi connectivity index (χ3n) is 2.55. The van der Waals surface area contributed by atoms with Crippen molar-refractivity contribution < 1.29 is 0 Å². The second kappa shape index (κ2) is 3.82. The summed E-state index contributed by atoms with van der Waals surface area (Å²) in [7, 11) is 0. The van der Waals surface area contributed by atoms with Crippen LogP contribution < -0.4 is 5.73 Å². The lowest BCUT2D eigenvalue weighted by Gasteiger charge is -1.99. The first kappa shape index (κ1) is 10.2. The predicted molar refractivity (Wildman–Crippen MR) is 72.0 cm³/mol. The third-order valence-corrected chi connectivity index (χ3v) is 3.69. The summed E-state index contributed by atoms with van der Waals surface area (Å²) in [5, 5.41) is 1.24. The fourth-order valence-electron chi connectivity index (χ4n) is 1.83. The molecule has 0 aliphatic carbocycles. The summed E-state index contributed by atoms with van der Waals surface area (Å²) in [5.74, 6) is 0.331. The van der Waals surface area contributed by atoms with E-state index in [0.717, 1.165) is 16.3 Å². The van der Waals surface area contributed by atoms with E-state index in [0.29, 0.717) is 5.95 Å². The molecule has 2 heterocycles. The monoisotopic (exact) mass is 241 g/mol. The number of fused-ring (bicyclic) bond motifs is 1. The summed E-state index contributed by atoms with van der Waals surface area (Å²) in [6, 6.07) is 12.4. The highest BCUT2D eigenvalue weighted by Crippen LogP contribution is 2.32. The summed E-state index contributed by atoms with van der Waals surface area (Å²) < 4.78 is 1.26. The Bertz CT molecular complexity index is 635. The summed E-state index contributed by atoms with van der Waals surface area (Å²) in [4.78, 5) is 9.49. The molecule has 2 aromatic heterocycles. The van der Waals surface area contributed by atoms with E-state index in [4.69, 9.17) is 5.73 Å². The van der Waals surface area contributed by atoms with Crippen LogP contribution in [0.15, 0.2) is 36.4 Å². The third kappa shape index (κ3) is 1.87. The molecule has 2 N–H and O–H groups in total. The highest BCUT2D eigenvalue weighted by Gasteiger charge is 2.06. The van der Waals surface area contributed by atoms with Crippen LogP contribution in [0.5, 0.6) is 0 Å². The van der Waals surface area contributed by atoms with Crippen molar-refractivity contribution in [3.63, 3.8) is 0 Å². The van der Waals surface area contributed by atoms with E-state index >= 15 is 0 Å². The lowest BCUT2D eigenvalue weighted by Crippen LogP contribution is -1.97. The summed E-state index contributed by atoms with van der Waals surface area (Å²) in [6.07, 6.45) is 0. The lowest BCUT2D eigenvalue weighted by atomic mass is 10.2. The van der Waals surface area contributed by atoms with Crippen LogP contribution in [0.1, 0.15) is 5.69 Å². The first-order valence-corrected chi connectivity index (χ1v) is 6.14. The Morgan fingerprint density at radius 1 is 1.12 bits per heavy atom. The molecule has 0 radical (unpaired) electrons. The minimum Gasteiger partial charge on any atom is -0.368 e. The fourth-order valence-corrected chi connectivity index (χ4v) is 2.85. The molecule has 1 aromatic carbocycles. The summed E-state index contributed by atoms with van der Waals surface area (Å²) >= 11 is 1.72. The van der Waals surface area contributed by atoms with Crippen molar-refractivity contribution in [3.05, 3.63) is 42.1 Å². The van der Waals surface area contributed by atoms with Crippen LogP contribution in [0.4, 0.5) is 5.95 Å². The number of nitrogen functional groups attached to an aromatic ring is 1. The number of benzene rings is 1. The average Bonchev–Trinajstić information content (AvgIpc) is 2.71. The minimum absolute atomic E-state index is 0.331. The van der Waals surface area contributed by atoms with Gasteiger partial charge in [0.05, 0.1) is 10.6 Å². The SMILES string of the molecule is Cc1cc(-c2cc3ccccc3s2)nc(N)n1. The van der Waals surface area contributed by atoms with Crippen LogP contribution >= 0.6 is 11.3 Å². The van der Waals surface area contributed by atoms with E-state index in [1.165, 1.54) is 10.1 Å². The van der Waals surface area contributed by atoms with Crippen LogP contribution in [0.2, 0.25) is 0 Å². The van der Waals surface area contributed by atoms with Gasteiger partial charge in [0.25, 0.3) is 0 Å². The molecule has 0 saturated heterocycles. The number of nitrogens with zero attached hydrogens (tertiary/aromatic N) is 2. The van der Waals surface area contributed by atoms with Gasteiger partial charge in [0.2, 0.25) is 5.95 Å². The largest absolute Gasteiger partial charge is 0.368 e. The topological polar surface area (TPSA) is 51.8 Å². The molecule has 3 nitrogen and oxygen atoms in total. The Balaban J connectivity index is 2.20. The van der Waals surface area contributed by atoms with E-state index in [9.17, 15) is 0 Å². The van der Waals surface area contributed by atoms with Crippen LogP contribution in [-0.4, -0.2) is 9.97 Å². The molecule has 3 rings (SSSR count). The molecule has 0 spiro atoms. The molecule has 4 heteroatoms. The number of anilines is 1. The van der Waals surface area contributed by atoms with E-state index in [-0.39, 0.29) is 0 Å². The van der Waals surface area contributed by atoms with Crippen LogP contribution in [0.25, 0.3) is 20.7 Å². The van der Waals surface area contributed by atoms with Gasteiger partial charge in [0.1, 0.15) is 0 Å². The van der Waals surface area contributed by atoms with Gasteiger partial charge in [-0.25, -0.2) is 9.97 Å². The zero-order chi connectivity index (χ0) is 11.8. The average molecular weight is 241 g/mol. The van der Waals surface area contributed by atoms with Gasteiger partial charge >= 0.3 is 0 Å². The lowest BCUT2D eigenvalue weighted by molar-refractivity contribution is 1.13. The zero-order valence-corrected chi connectivity index (χ0v) is 10.2. The second-order valence-electron chi connectivity index (χ2n) is 3.90. The van der Waals surface area contributed by atoms with Crippen molar-refractivity contribution in [2.24, 2.45) is 0 Å². The first-order chi connectivity index (χ1) is 8.22. The Hall–Kier alpha value is -1.94. The van der Waals surface area contributed by atoms with E-state index < -0.39 is 0 Å². The van der Waals surface area contributed by atoms with Gasteiger partial charge in [0.15, 0.2) is 0 Å². The van der Waals surface area contributed by atoms with Gasteiger partial charge in [0, 0.05) is 10.4 Å². The van der Waals surface area contributed by atoms with Gasteiger partial charge in [-0.1, -0.05) is 18.2 Å². The second-order valence-corrected chi connectivity index (χ2v) is 4.99. The van der Waals surface area contributed by atoms with Crippen molar-refractivity contribution in [1.29, 1.82) is 0 Å². The van der Waals surface area contributed by atoms with Crippen molar-refractivity contribution in [3.8, 4) is 10.6 Å². The molecule has 0 fully saturated rings. The van der Waals surface area contributed by atoms with Gasteiger partial charge in [-0.15, -0.1) is 11.3 Å². The number of thiophene rings is 1. The van der Waals surface area contributed by atoms with Crippen LogP contribution in [0.3, 0.4) is 0 Å². The van der Waals surface area contributed by atoms with E-state index in [1.54, 1.807) is 11.3 Å². The molecule has 0 atom stereocenters. The number of nitrogens with two attached hydrogens (primary N) is 1. The number of hydrogen-bond donors (Lipinski definition) is 1. The van der Waals surface area contributed by atoms with Crippen molar-refractivity contribution in [1.82, 2.24) is 9.97 Å². The van der Waals surface area contributed by atoms with E-state index in [1.807, 2.05) is 25.1 Å². The standard InChI is InChI=1S/C13H11N3S/c1-8-6-10(16-13(14)15-8)12-7-9-4-2-3-5-11(9)17-12/h2-7H,1H3,(H2,14,15,16). The summed E-state index contributed by atoms with van der Waals surface area (Å²) in [6.45, 7) is 1.93. The van der Waals surface area contributed by atoms with Gasteiger partial charge in [-0.05, 0) is 30.5 Å². The fraction of sp³-hybridized carbons (Fsp3) is 0.0769. The van der Waals surface area contributed by atoms with Crippen molar-refractivity contribution in [2.75, 3.05) is 5.73 Å².